The Labute approximate surface area is 148 Å². The number of hydrogen-bond donors (Lipinski definition) is 3. The van der Waals surface area contributed by atoms with E-state index in [-0.39, 0.29) is 42.4 Å². The van der Waals surface area contributed by atoms with E-state index >= 15 is 0 Å². The van der Waals surface area contributed by atoms with Crippen LogP contribution >= 0.6 is 12.4 Å². The summed E-state index contributed by atoms with van der Waals surface area (Å²) in [5.41, 5.74) is 7.01. The Kier molecular flexibility index (Phi) is 6.04. The first-order valence-electron chi connectivity index (χ1n) is 8.55. The quantitative estimate of drug-likeness (QED) is 0.763. The Morgan fingerprint density at radius 1 is 1.29 bits per heavy atom. The van der Waals surface area contributed by atoms with E-state index in [4.69, 9.17) is 5.73 Å². The maximum atomic E-state index is 12.5. The molecule has 2 unspecified atom stereocenters. The first-order valence-corrected chi connectivity index (χ1v) is 8.55. The van der Waals surface area contributed by atoms with Gasteiger partial charge in [0.2, 0.25) is 5.91 Å². The van der Waals surface area contributed by atoms with E-state index in [0.29, 0.717) is 28.9 Å². The molecule has 0 saturated heterocycles. The molecule has 6 nitrogen and oxygen atoms in total. The van der Waals surface area contributed by atoms with E-state index in [9.17, 15) is 9.59 Å². The summed E-state index contributed by atoms with van der Waals surface area (Å²) >= 11 is 0. The number of amides is 1. The molecule has 4 N–H and O–H groups in total. The van der Waals surface area contributed by atoms with Crippen molar-refractivity contribution < 1.29 is 4.79 Å². The van der Waals surface area contributed by atoms with Crippen molar-refractivity contribution >= 4 is 18.3 Å². The number of H-pyrrole nitrogens is 1. The lowest BCUT2D eigenvalue weighted by atomic mass is 9.67. The molecule has 0 radical (unpaired) electrons. The molecule has 2 fully saturated rings. The maximum Gasteiger partial charge on any atom is 0.254 e. The number of nitrogens with two attached hydrogens (primary N) is 1. The number of carbonyl (C=O) groups excluding carboxylic acids is 1. The predicted octanol–water partition coefficient (Wildman–Crippen LogP) is 1.37. The third-order valence-corrected chi connectivity index (χ3v) is 5.38. The summed E-state index contributed by atoms with van der Waals surface area (Å²) in [6.07, 6.45) is 5.59. The standard InChI is InChI=1S/C17H26N4O2.ClH/c1-9-14(17(23)20-10(2)19-9)8-15(22)21-16-11-4-3-5-12(16)7-13(18)6-11;/h11-13,16H,3-8,18H2,1-2H3,(H,21,22)(H,19,20,23);1H. The fourth-order valence-electron chi connectivity index (χ4n) is 4.38. The molecule has 2 bridgehead atoms. The van der Waals surface area contributed by atoms with Crippen LogP contribution in [-0.2, 0) is 11.2 Å². The highest BCUT2D eigenvalue weighted by atomic mass is 35.5. The molecule has 0 aromatic carbocycles. The van der Waals surface area contributed by atoms with E-state index in [0.717, 1.165) is 25.7 Å². The van der Waals surface area contributed by atoms with Crippen molar-refractivity contribution in [2.75, 3.05) is 0 Å². The molecule has 2 atom stereocenters. The summed E-state index contributed by atoms with van der Waals surface area (Å²) in [7, 11) is 0. The molecule has 0 spiro atoms. The molecular weight excluding hydrogens is 328 g/mol. The Morgan fingerprint density at radius 2 is 1.92 bits per heavy atom. The fourth-order valence-corrected chi connectivity index (χ4v) is 4.38. The normalized spacial score (nSPS) is 28.8. The number of aromatic nitrogens is 2. The second-order valence-electron chi connectivity index (χ2n) is 7.17. The molecule has 3 rings (SSSR count). The molecule has 7 heteroatoms. The second-order valence-corrected chi connectivity index (χ2v) is 7.17. The van der Waals surface area contributed by atoms with E-state index in [2.05, 4.69) is 15.3 Å². The highest BCUT2D eigenvalue weighted by Crippen LogP contribution is 2.39. The smallest absolute Gasteiger partial charge is 0.254 e. The number of nitrogens with zero attached hydrogens (tertiary/aromatic N) is 1. The zero-order chi connectivity index (χ0) is 16.6. The van der Waals surface area contributed by atoms with Crippen molar-refractivity contribution in [1.29, 1.82) is 0 Å². The minimum Gasteiger partial charge on any atom is -0.353 e. The zero-order valence-corrected chi connectivity index (χ0v) is 15.1. The molecule has 1 aromatic heterocycles. The van der Waals surface area contributed by atoms with Crippen molar-refractivity contribution in [1.82, 2.24) is 15.3 Å². The maximum absolute atomic E-state index is 12.5. The number of halogens is 1. The summed E-state index contributed by atoms with van der Waals surface area (Å²) in [6.45, 7) is 3.52. The zero-order valence-electron chi connectivity index (χ0n) is 14.3. The van der Waals surface area contributed by atoms with Gasteiger partial charge in [0.1, 0.15) is 5.82 Å². The molecule has 0 aliphatic heterocycles. The van der Waals surface area contributed by atoms with E-state index in [1.807, 2.05) is 0 Å². The Hall–Kier alpha value is -1.40. The number of fused-ring (bicyclic) bond motifs is 2. The lowest BCUT2D eigenvalue weighted by molar-refractivity contribution is -0.122. The monoisotopic (exact) mass is 354 g/mol. The highest BCUT2D eigenvalue weighted by molar-refractivity contribution is 5.85. The molecule has 2 saturated carbocycles. The minimum absolute atomic E-state index is 0. The number of hydrogen-bond acceptors (Lipinski definition) is 4. The molecule has 2 aliphatic carbocycles. The van der Waals surface area contributed by atoms with E-state index in [1.165, 1.54) is 6.42 Å². The van der Waals surface area contributed by atoms with Gasteiger partial charge >= 0.3 is 0 Å². The average Bonchev–Trinajstić information content (AvgIpc) is 2.44. The van der Waals surface area contributed by atoms with Crippen molar-refractivity contribution in [2.24, 2.45) is 17.6 Å². The SMILES string of the molecule is Cc1nc(C)c(CC(=O)NC2C3CCCC2CC(N)C3)c(=O)[nH]1.Cl. The van der Waals surface area contributed by atoms with Gasteiger partial charge in [0.15, 0.2) is 0 Å². The fraction of sp³-hybridized carbons (Fsp3) is 0.706. The van der Waals surface area contributed by atoms with Gasteiger partial charge in [0.05, 0.1) is 6.42 Å². The molecule has 24 heavy (non-hydrogen) atoms. The number of rotatable bonds is 3. The van der Waals surface area contributed by atoms with E-state index < -0.39 is 0 Å². The summed E-state index contributed by atoms with van der Waals surface area (Å²) in [5.74, 6) is 1.46. The summed E-state index contributed by atoms with van der Waals surface area (Å²) in [5, 5.41) is 3.18. The van der Waals surface area contributed by atoms with Gasteiger partial charge in [-0.3, -0.25) is 9.59 Å². The van der Waals surface area contributed by atoms with Crippen molar-refractivity contribution in [2.45, 2.75) is 64.5 Å². The van der Waals surface area contributed by atoms with Crippen LogP contribution in [0.1, 0.15) is 49.2 Å². The first-order chi connectivity index (χ1) is 10.9. The topological polar surface area (TPSA) is 101 Å². The first kappa shape index (κ1) is 18.9. The number of aryl methyl sites for hydroxylation is 2. The van der Waals surface area contributed by atoms with Crippen molar-refractivity contribution in [3.05, 3.63) is 27.4 Å². The van der Waals surface area contributed by atoms with Crippen molar-refractivity contribution in [3.63, 3.8) is 0 Å². The lowest BCUT2D eigenvalue weighted by Crippen LogP contribution is -2.54. The summed E-state index contributed by atoms with van der Waals surface area (Å²) < 4.78 is 0. The average molecular weight is 355 g/mol. The number of carbonyl (C=O) groups is 1. The van der Waals surface area contributed by atoms with Crippen LogP contribution in [0.5, 0.6) is 0 Å². The van der Waals surface area contributed by atoms with E-state index in [1.54, 1.807) is 13.8 Å². The number of aromatic amines is 1. The van der Waals surface area contributed by atoms with Crippen LogP contribution in [0.2, 0.25) is 0 Å². The predicted molar refractivity (Wildman–Crippen MR) is 95.3 cm³/mol. The van der Waals surface area contributed by atoms with Crippen LogP contribution in [-0.4, -0.2) is 28.0 Å². The Bertz CT molecular complexity index is 646. The van der Waals surface area contributed by atoms with Gasteiger partial charge in [-0.15, -0.1) is 12.4 Å². The van der Waals surface area contributed by atoms with Gasteiger partial charge < -0.3 is 16.0 Å². The summed E-state index contributed by atoms with van der Waals surface area (Å²) in [6, 6.07) is 0.485. The van der Waals surface area contributed by atoms with Crippen LogP contribution < -0.4 is 16.6 Å². The Balaban J connectivity index is 0.00000208. The van der Waals surface area contributed by atoms with Crippen LogP contribution in [0.25, 0.3) is 0 Å². The molecule has 1 aromatic rings. The van der Waals surface area contributed by atoms with Crippen LogP contribution in [0.3, 0.4) is 0 Å². The second kappa shape index (κ2) is 7.66. The molecule has 2 aliphatic rings. The van der Waals surface area contributed by atoms with Crippen LogP contribution in [0.4, 0.5) is 0 Å². The molecule has 134 valence electrons. The number of nitrogens with one attached hydrogen (secondary N) is 2. The van der Waals surface area contributed by atoms with Gasteiger partial charge in [-0.25, -0.2) is 4.98 Å². The largest absolute Gasteiger partial charge is 0.353 e. The van der Waals surface area contributed by atoms with Crippen LogP contribution in [0, 0.1) is 25.7 Å². The highest BCUT2D eigenvalue weighted by Gasteiger charge is 2.39. The third kappa shape index (κ3) is 3.98. The summed E-state index contributed by atoms with van der Waals surface area (Å²) in [4.78, 5) is 31.4. The van der Waals surface area contributed by atoms with Gasteiger partial charge in [-0.1, -0.05) is 6.42 Å². The Morgan fingerprint density at radius 3 is 2.50 bits per heavy atom. The van der Waals surface area contributed by atoms with Crippen molar-refractivity contribution in [3.8, 4) is 0 Å². The third-order valence-electron chi connectivity index (χ3n) is 5.38. The van der Waals surface area contributed by atoms with Gasteiger partial charge in [-0.05, 0) is 51.4 Å². The molecule has 1 heterocycles. The van der Waals surface area contributed by atoms with Crippen LogP contribution in [0.15, 0.2) is 4.79 Å². The molecule has 1 amide bonds. The minimum atomic E-state index is -0.212. The molecular formula is C17H27ClN4O2. The van der Waals surface area contributed by atoms with Gasteiger partial charge in [0.25, 0.3) is 5.56 Å². The lowest BCUT2D eigenvalue weighted by Gasteiger charge is -2.45. The van der Waals surface area contributed by atoms with Gasteiger partial charge in [-0.2, -0.15) is 0 Å². The van der Waals surface area contributed by atoms with Gasteiger partial charge in [0, 0.05) is 23.3 Å².